The van der Waals surface area contributed by atoms with Gasteiger partial charge in [-0.25, -0.2) is 15.0 Å². The Morgan fingerprint density at radius 1 is 1.37 bits per heavy atom. The minimum absolute atomic E-state index is 0.603. The number of rotatable bonds is 4. The zero-order valence-corrected chi connectivity index (χ0v) is 12.0. The van der Waals surface area contributed by atoms with Crippen LogP contribution in [0.3, 0.4) is 0 Å². The van der Waals surface area contributed by atoms with E-state index in [1.807, 2.05) is 30.9 Å². The third-order valence-electron chi connectivity index (χ3n) is 2.65. The first-order chi connectivity index (χ1) is 9.28. The second-order valence-corrected chi connectivity index (χ2v) is 5.93. The van der Waals surface area contributed by atoms with Crippen LogP contribution in [-0.4, -0.2) is 25.9 Å². The summed E-state index contributed by atoms with van der Waals surface area (Å²) in [6.45, 7) is 2.58. The van der Waals surface area contributed by atoms with E-state index in [0.29, 0.717) is 6.54 Å². The van der Waals surface area contributed by atoms with E-state index >= 15 is 0 Å². The molecule has 0 amide bonds. The molecule has 3 aromatic rings. The van der Waals surface area contributed by atoms with Gasteiger partial charge in [0.15, 0.2) is 10.1 Å². The molecule has 0 atom stereocenters. The molecule has 0 spiro atoms. The van der Waals surface area contributed by atoms with Crippen molar-refractivity contribution in [2.45, 2.75) is 23.5 Å². The van der Waals surface area contributed by atoms with Crippen molar-refractivity contribution in [2.75, 3.05) is 6.54 Å². The van der Waals surface area contributed by atoms with Crippen molar-refractivity contribution in [1.29, 1.82) is 0 Å². The summed E-state index contributed by atoms with van der Waals surface area (Å²) < 4.78 is 2.09. The van der Waals surface area contributed by atoms with E-state index in [4.69, 9.17) is 5.73 Å². The zero-order valence-electron chi connectivity index (χ0n) is 10.4. The Morgan fingerprint density at radius 3 is 2.89 bits per heavy atom. The van der Waals surface area contributed by atoms with Gasteiger partial charge in [0.25, 0.3) is 0 Å². The minimum atomic E-state index is 0.603. The Labute approximate surface area is 118 Å². The maximum Gasteiger partial charge on any atom is 0.194 e. The smallest absolute Gasteiger partial charge is 0.194 e. The number of imidazole rings is 1. The molecular formula is C12H13N5S2. The van der Waals surface area contributed by atoms with E-state index in [0.717, 1.165) is 32.8 Å². The average molecular weight is 291 g/mol. The number of nitrogens with zero attached hydrogens (tertiary/aromatic N) is 4. The summed E-state index contributed by atoms with van der Waals surface area (Å²) in [7, 11) is 0. The molecule has 0 fully saturated rings. The summed E-state index contributed by atoms with van der Waals surface area (Å²) in [6, 6.07) is 0. The van der Waals surface area contributed by atoms with Crippen molar-refractivity contribution in [3.63, 3.8) is 0 Å². The zero-order chi connectivity index (χ0) is 13.2. The number of hydrogen-bond donors (Lipinski definition) is 1. The van der Waals surface area contributed by atoms with Crippen LogP contribution < -0.4 is 5.73 Å². The number of nitrogens with two attached hydrogens (primary N) is 1. The molecular weight excluding hydrogens is 278 g/mol. The molecule has 0 aliphatic heterocycles. The van der Waals surface area contributed by atoms with Crippen LogP contribution in [0.5, 0.6) is 0 Å². The van der Waals surface area contributed by atoms with Gasteiger partial charge >= 0.3 is 0 Å². The molecule has 3 heterocycles. The lowest BCUT2D eigenvalue weighted by atomic mass is 10.3. The van der Waals surface area contributed by atoms with Crippen molar-refractivity contribution in [3.05, 3.63) is 35.2 Å². The first kappa shape index (κ1) is 12.6. The highest BCUT2D eigenvalue weighted by molar-refractivity contribution is 7.99. The predicted molar refractivity (Wildman–Crippen MR) is 76.7 cm³/mol. The Morgan fingerprint density at radius 2 is 2.16 bits per heavy atom. The molecule has 7 heteroatoms. The molecule has 0 aromatic carbocycles. The summed E-state index contributed by atoms with van der Waals surface area (Å²) in [5, 5.41) is 3.69. The van der Waals surface area contributed by atoms with Gasteiger partial charge in [-0.2, -0.15) is 0 Å². The first-order valence-corrected chi connectivity index (χ1v) is 7.58. The van der Waals surface area contributed by atoms with Gasteiger partial charge in [-0.05, 0) is 30.8 Å². The summed E-state index contributed by atoms with van der Waals surface area (Å²) in [5.41, 5.74) is 7.87. The lowest BCUT2D eigenvalue weighted by Crippen LogP contribution is -2.05. The van der Waals surface area contributed by atoms with Gasteiger partial charge in [-0.1, -0.05) is 0 Å². The molecule has 0 saturated carbocycles. The van der Waals surface area contributed by atoms with Crippen molar-refractivity contribution < 1.29 is 0 Å². The summed E-state index contributed by atoms with van der Waals surface area (Å²) in [4.78, 5) is 14.2. The van der Waals surface area contributed by atoms with Crippen LogP contribution in [0.2, 0.25) is 0 Å². The number of aryl methyl sites for hydroxylation is 1. The van der Waals surface area contributed by atoms with Gasteiger partial charge < -0.3 is 5.73 Å². The fourth-order valence-electron chi connectivity index (χ4n) is 1.78. The summed E-state index contributed by atoms with van der Waals surface area (Å²) in [5.74, 6) is 0. The predicted octanol–water partition coefficient (Wildman–Crippen LogP) is 2.15. The second kappa shape index (κ2) is 5.28. The number of fused-ring (bicyclic) bond motifs is 1. The topological polar surface area (TPSA) is 69.1 Å². The lowest BCUT2D eigenvalue weighted by molar-refractivity contribution is 0.874. The largest absolute Gasteiger partial charge is 0.330 e. The van der Waals surface area contributed by atoms with Crippen LogP contribution in [-0.2, 0) is 6.42 Å². The molecule has 5 nitrogen and oxygen atoms in total. The standard InChI is InChI=1S/C12H13N5S2/c1-8-6-14-11(15-7-8)19-10-9(2-3-13)17-4-5-18-12(17)16-10/h4-7H,2-3,13H2,1H3. The normalized spacial score (nSPS) is 11.3. The second-order valence-electron chi connectivity index (χ2n) is 4.10. The molecule has 0 bridgehead atoms. The summed E-state index contributed by atoms with van der Waals surface area (Å²) >= 11 is 3.11. The van der Waals surface area contributed by atoms with E-state index in [1.54, 1.807) is 11.3 Å². The molecule has 3 aromatic heterocycles. The molecule has 0 aliphatic carbocycles. The van der Waals surface area contributed by atoms with E-state index in [2.05, 4.69) is 19.4 Å². The maximum absolute atomic E-state index is 5.68. The minimum Gasteiger partial charge on any atom is -0.330 e. The monoisotopic (exact) mass is 291 g/mol. The quantitative estimate of drug-likeness (QED) is 0.746. The van der Waals surface area contributed by atoms with Crippen LogP contribution >= 0.6 is 23.1 Å². The Kier molecular flexibility index (Phi) is 3.50. The van der Waals surface area contributed by atoms with Crippen LogP contribution in [0.1, 0.15) is 11.3 Å². The van der Waals surface area contributed by atoms with Gasteiger partial charge in [0.05, 0.1) is 5.69 Å². The molecule has 0 aliphatic rings. The number of thiazole rings is 1. The molecule has 19 heavy (non-hydrogen) atoms. The van der Waals surface area contributed by atoms with Crippen molar-refractivity contribution in [1.82, 2.24) is 19.4 Å². The maximum atomic E-state index is 5.68. The van der Waals surface area contributed by atoms with Gasteiger partial charge in [-0.3, -0.25) is 4.40 Å². The molecule has 0 radical (unpaired) electrons. The summed E-state index contributed by atoms with van der Waals surface area (Å²) in [6.07, 6.45) is 6.46. The van der Waals surface area contributed by atoms with Gasteiger partial charge in [0.1, 0.15) is 5.03 Å². The molecule has 0 unspecified atom stereocenters. The van der Waals surface area contributed by atoms with Crippen LogP contribution in [0.15, 0.2) is 34.2 Å². The molecule has 98 valence electrons. The Bertz CT molecular complexity index is 686. The molecule has 2 N–H and O–H groups in total. The number of hydrogen-bond acceptors (Lipinski definition) is 6. The third kappa shape index (κ3) is 2.49. The van der Waals surface area contributed by atoms with E-state index in [1.165, 1.54) is 11.8 Å². The fourth-order valence-corrected chi connectivity index (χ4v) is 3.40. The average Bonchev–Trinajstić information content (AvgIpc) is 2.96. The van der Waals surface area contributed by atoms with Crippen molar-refractivity contribution in [3.8, 4) is 0 Å². The fraction of sp³-hybridized carbons (Fsp3) is 0.250. The van der Waals surface area contributed by atoms with Gasteiger partial charge in [0, 0.05) is 30.4 Å². The van der Waals surface area contributed by atoms with E-state index < -0.39 is 0 Å². The van der Waals surface area contributed by atoms with E-state index in [9.17, 15) is 0 Å². The number of aromatic nitrogens is 4. The van der Waals surface area contributed by atoms with Crippen LogP contribution in [0, 0.1) is 6.92 Å². The van der Waals surface area contributed by atoms with Gasteiger partial charge in [-0.15, -0.1) is 11.3 Å². The lowest BCUT2D eigenvalue weighted by Gasteiger charge is -2.01. The molecule has 3 rings (SSSR count). The Hall–Kier alpha value is -1.44. The SMILES string of the molecule is Cc1cnc(Sc2nc3sccn3c2CCN)nc1. The highest BCUT2D eigenvalue weighted by Gasteiger charge is 2.14. The first-order valence-electron chi connectivity index (χ1n) is 5.89. The van der Waals surface area contributed by atoms with Crippen molar-refractivity contribution >= 4 is 28.1 Å². The molecule has 0 saturated heterocycles. The van der Waals surface area contributed by atoms with Crippen molar-refractivity contribution in [2.24, 2.45) is 5.73 Å². The van der Waals surface area contributed by atoms with Crippen LogP contribution in [0.25, 0.3) is 4.96 Å². The Balaban J connectivity index is 1.97. The highest BCUT2D eigenvalue weighted by atomic mass is 32.2. The van der Waals surface area contributed by atoms with Gasteiger partial charge in [0.2, 0.25) is 0 Å². The third-order valence-corrected chi connectivity index (χ3v) is 4.32. The van der Waals surface area contributed by atoms with E-state index in [-0.39, 0.29) is 0 Å². The van der Waals surface area contributed by atoms with Crippen LogP contribution in [0.4, 0.5) is 0 Å². The highest BCUT2D eigenvalue weighted by Crippen LogP contribution is 2.29.